The monoisotopic (exact) mass is 441 g/mol. The summed E-state index contributed by atoms with van der Waals surface area (Å²) in [5.74, 6) is 0.394. The van der Waals surface area contributed by atoms with Crippen LogP contribution in [0.3, 0.4) is 0 Å². The van der Waals surface area contributed by atoms with Gasteiger partial charge >= 0.3 is 0 Å². The van der Waals surface area contributed by atoms with Gasteiger partial charge in [0.1, 0.15) is 10.6 Å². The molecule has 4 rings (SSSR count). The zero-order chi connectivity index (χ0) is 21.5. The van der Waals surface area contributed by atoms with E-state index >= 15 is 0 Å². The fourth-order valence-electron chi connectivity index (χ4n) is 3.57. The Kier molecular flexibility index (Phi) is 5.42. The van der Waals surface area contributed by atoms with Crippen LogP contribution in [0.4, 0.5) is 5.69 Å². The molecule has 1 atom stereocenters. The second-order valence-electron chi connectivity index (χ2n) is 7.70. The van der Waals surface area contributed by atoms with Crippen LogP contribution in [0.1, 0.15) is 42.2 Å². The fourth-order valence-corrected chi connectivity index (χ4v) is 6.47. The van der Waals surface area contributed by atoms with Gasteiger partial charge in [0, 0.05) is 22.6 Å². The number of benzene rings is 2. The van der Waals surface area contributed by atoms with Crippen molar-refractivity contribution in [3.8, 4) is 5.75 Å². The van der Waals surface area contributed by atoms with Crippen molar-refractivity contribution in [2.24, 2.45) is 0 Å². The third kappa shape index (κ3) is 3.87. The molecule has 1 N–H and O–H groups in total. The summed E-state index contributed by atoms with van der Waals surface area (Å²) in [7, 11) is -3.73. The summed E-state index contributed by atoms with van der Waals surface area (Å²) in [6, 6.07) is 14.4. The van der Waals surface area contributed by atoms with Gasteiger partial charge in [-0.3, -0.25) is 4.79 Å². The van der Waals surface area contributed by atoms with E-state index < -0.39 is 9.84 Å². The Labute approximate surface area is 180 Å². The smallest absolute Gasteiger partial charge is 0.225 e. The van der Waals surface area contributed by atoms with Gasteiger partial charge in [-0.05, 0) is 50.6 Å². The number of anilines is 1. The average molecular weight is 442 g/mol. The average Bonchev–Trinajstić information content (AvgIpc) is 3.12. The van der Waals surface area contributed by atoms with Gasteiger partial charge in [-0.25, -0.2) is 8.42 Å². The van der Waals surface area contributed by atoms with E-state index in [9.17, 15) is 13.2 Å². The Morgan fingerprint density at radius 1 is 1.07 bits per heavy atom. The maximum Gasteiger partial charge on any atom is 0.225 e. The van der Waals surface area contributed by atoms with Crippen LogP contribution in [0.15, 0.2) is 63.7 Å². The van der Waals surface area contributed by atoms with Crippen molar-refractivity contribution in [3.05, 3.63) is 69.9 Å². The molecule has 0 fully saturated rings. The normalized spacial score (nSPS) is 16.3. The van der Waals surface area contributed by atoms with Crippen LogP contribution in [0.2, 0.25) is 0 Å². The van der Waals surface area contributed by atoms with E-state index in [1.165, 1.54) is 11.3 Å². The Morgan fingerprint density at radius 3 is 2.37 bits per heavy atom. The first kappa shape index (κ1) is 20.6. The Bertz CT molecular complexity index is 1180. The van der Waals surface area contributed by atoms with Gasteiger partial charge in [-0.15, -0.1) is 11.3 Å². The number of rotatable bonds is 5. The molecule has 5 nitrogen and oxygen atoms in total. The molecule has 1 amide bonds. The SMILES string of the molecule is Cc1ccc(S(=O)(=O)c2csc3c2NC(=O)CC3c2ccc(OC(C)C)cc2)cc1. The van der Waals surface area contributed by atoms with Crippen molar-refractivity contribution in [1.29, 1.82) is 0 Å². The van der Waals surface area contributed by atoms with Crippen LogP contribution in [-0.2, 0) is 14.6 Å². The lowest BCUT2D eigenvalue weighted by molar-refractivity contribution is -0.116. The van der Waals surface area contributed by atoms with Crippen LogP contribution in [0.5, 0.6) is 5.75 Å². The number of hydrogen-bond donors (Lipinski definition) is 1. The van der Waals surface area contributed by atoms with Crippen molar-refractivity contribution in [2.75, 3.05) is 5.32 Å². The lowest BCUT2D eigenvalue weighted by atomic mass is 9.90. The van der Waals surface area contributed by atoms with Gasteiger partial charge < -0.3 is 10.1 Å². The molecule has 2 heterocycles. The molecule has 2 aromatic carbocycles. The van der Waals surface area contributed by atoms with Crippen LogP contribution in [0, 0.1) is 6.92 Å². The van der Waals surface area contributed by atoms with Crippen LogP contribution < -0.4 is 10.1 Å². The van der Waals surface area contributed by atoms with Crippen molar-refractivity contribution < 1.29 is 17.9 Å². The highest BCUT2D eigenvalue weighted by molar-refractivity contribution is 7.91. The van der Waals surface area contributed by atoms with Gasteiger partial charge in [-0.2, -0.15) is 0 Å². The molecule has 0 bridgehead atoms. The Morgan fingerprint density at radius 2 is 1.73 bits per heavy atom. The Balaban J connectivity index is 1.73. The number of amides is 1. The predicted molar refractivity (Wildman–Crippen MR) is 118 cm³/mol. The first-order valence-corrected chi connectivity index (χ1v) is 12.1. The summed E-state index contributed by atoms with van der Waals surface area (Å²) in [5.41, 5.74) is 2.35. The third-order valence-electron chi connectivity index (χ3n) is 5.03. The molecule has 0 spiro atoms. The molecular formula is C23H23NO4S2. The predicted octanol–water partition coefficient (Wildman–Crippen LogP) is 5.15. The van der Waals surface area contributed by atoms with Crippen molar-refractivity contribution >= 4 is 32.8 Å². The number of carbonyl (C=O) groups excluding carboxylic acids is 1. The van der Waals surface area contributed by atoms with E-state index in [0.717, 1.165) is 21.8 Å². The third-order valence-corrected chi connectivity index (χ3v) is 8.07. The van der Waals surface area contributed by atoms with E-state index in [2.05, 4.69) is 5.32 Å². The van der Waals surface area contributed by atoms with Gasteiger partial charge in [0.05, 0.1) is 16.7 Å². The molecule has 0 saturated heterocycles. The molecule has 1 aliphatic heterocycles. The largest absolute Gasteiger partial charge is 0.491 e. The summed E-state index contributed by atoms with van der Waals surface area (Å²) in [5, 5.41) is 4.43. The number of fused-ring (bicyclic) bond motifs is 1. The maximum atomic E-state index is 13.2. The maximum absolute atomic E-state index is 13.2. The summed E-state index contributed by atoms with van der Waals surface area (Å²) in [6.45, 7) is 5.84. The molecule has 0 saturated carbocycles. The van der Waals surface area contributed by atoms with Crippen LogP contribution >= 0.6 is 11.3 Å². The number of sulfone groups is 1. The first-order valence-electron chi connectivity index (χ1n) is 9.75. The van der Waals surface area contributed by atoms with Gasteiger partial charge in [0.15, 0.2) is 0 Å². The van der Waals surface area contributed by atoms with Gasteiger partial charge in [0.2, 0.25) is 15.7 Å². The van der Waals surface area contributed by atoms with E-state index in [0.29, 0.717) is 5.69 Å². The lowest BCUT2D eigenvalue weighted by Gasteiger charge is -2.24. The number of hydrogen-bond acceptors (Lipinski definition) is 5. The summed E-state index contributed by atoms with van der Waals surface area (Å²) < 4.78 is 32.1. The topological polar surface area (TPSA) is 72.5 Å². The molecule has 3 aromatic rings. The van der Waals surface area contributed by atoms with Gasteiger partial charge in [-0.1, -0.05) is 29.8 Å². The summed E-state index contributed by atoms with van der Waals surface area (Å²) in [6.07, 6.45) is 0.358. The minimum Gasteiger partial charge on any atom is -0.491 e. The van der Waals surface area contributed by atoms with Crippen LogP contribution in [-0.4, -0.2) is 20.4 Å². The molecule has 1 aliphatic rings. The fraction of sp³-hybridized carbons (Fsp3) is 0.261. The van der Waals surface area contributed by atoms with Crippen molar-refractivity contribution in [2.45, 2.75) is 49.0 Å². The van der Waals surface area contributed by atoms with Crippen LogP contribution in [0.25, 0.3) is 0 Å². The number of aryl methyl sites for hydroxylation is 1. The first-order chi connectivity index (χ1) is 14.3. The molecule has 0 radical (unpaired) electrons. The van der Waals surface area contributed by atoms with E-state index in [-0.39, 0.29) is 34.1 Å². The number of nitrogens with one attached hydrogen (secondary N) is 1. The lowest BCUT2D eigenvalue weighted by Crippen LogP contribution is -2.23. The highest BCUT2D eigenvalue weighted by Crippen LogP contribution is 2.46. The van der Waals surface area contributed by atoms with E-state index in [1.54, 1.807) is 29.6 Å². The van der Waals surface area contributed by atoms with E-state index in [1.807, 2.05) is 45.0 Å². The number of ether oxygens (including phenoxy) is 1. The second kappa shape index (κ2) is 7.89. The quantitative estimate of drug-likeness (QED) is 0.594. The molecule has 30 heavy (non-hydrogen) atoms. The minimum absolute atomic E-state index is 0.0785. The van der Waals surface area contributed by atoms with Crippen molar-refractivity contribution in [1.82, 2.24) is 0 Å². The highest BCUT2D eigenvalue weighted by Gasteiger charge is 2.34. The summed E-state index contributed by atoms with van der Waals surface area (Å²) in [4.78, 5) is 13.7. The highest BCUT2D eigenvalue weighted by atomic mass is 32.2. The Hall–Kier alpha value is -2.64. The zero-order valence-electron chi connectivity index (χ0n) is 17.0. The number of carbonyl (C=O) groups is 1. The van der Waals surface area contributed by atoms with Crippen molar-refractivity contribution in [3.63, 3.8) is 0 Å². The number of thiophene rings is 1. The van der Waals surface area contributed by atoms with E-state index in [4.69, 9.17) is 4.74 Å². The molecule has 1 aromatic heterocycles. The minimum atomic E-state index is -3.73. The molecule has 0 aliphatic carbocycles. The molecule has 156 valence electrons. The molecular weight excluding hydrogens is 418 g/mol. The second-order valence-corrected chi connectivity index (χ2v) is 10.5. The summed E-state index contributed by atoms with van der Waals surface area (Å²) >= 11 is 1.37. The molecule has 7 heteroatoms. The molecule has 1 unspecified atom stereocenters. The standard InChI is InChI=1S/C23H23NO4S2/c1-14(2)28-17-8-6-16(7-9-17)19-12-21(25)24-22-20(13-29-23(19)22)30(26,27)18-10-4-15(3)5-11-18/h4-11,13-14,19H,12H2,1-3H3,(H,24,25). The van der Waals surface area contributed by atoms with Gasteiger partial charge in [0.25, 0.3) is 0 Å². The zero-order valence-corrected chi connectivity index (χ0v) is 18.6.